The highest BCUT2D eigenvalue weighted by Crippen LogP contribution is 2.53. The van der Waals surface area contributed by atoms with Crippen LogP contribution in [0.2, 0.25) is 0 Å². The van der Waals surface area contributed by atoms with E-state index < -0.39 is 0 Å². The van der Waals surface area contributed by atoms with Crippen LogP contribution in [0.3, 0.4) is 0 Å². The molecule has 0 amide bonds. The maximum absolute atomic E-state index is 5.87. The van der Waals surface area contributed by atoms with Crippen molar-refractivity contribution in [3.63, 3.8) is 0 Å². The minimum Gasteiger partial charge on any atom is -0.377 e. The van der Waals surface area contributed by atoms with E-state index in [1.807, 2.05) is 7.11 Å². The van der Waals surface area contributed by atoms with Gasteiger partial charge in [0.25, 0.3) is 0 Å². The van der Waals surface area contributed by atoms with Crippen LogP contribution in [0.25, 0.3) is 0 Å². The lowest BCUT2D eigenvalue weighted by molar-refractivity contribution is -0.110. The molecule has 0 aromatic heterocycles. The van der Waals surface area contributed by atoms with Crippen LogP contribution in [0.1, 0.15) is 53.4 Å². The van der Waals surface area contributed by atoms with E-state index in [9.17, 15) is 0 Å². The van der Waals surface area contributed by atoms with E-state index in [2.05, 4.69) is 27.7 Å². The molecular weight excluding hydrogens is 160 g/mol. The maximum Gasteiger partial charge on any atom is 0.0754 e. The Morgan fingerprint density at radius 3 is 2.31 bits per heavy atom. The number of ether oxygens (including phenoxy) is 1. The molecule has 1 fully saturated rings. The SMILES string of the molecule is CCC[C@@]1(OC)C(C)CCC1(C)C. The van der Waals surface area contributed by atoms with Gasteiger partial charge in [0.2, 0.25) is 0 Å². The summed E-state index contributed by atoms with van der Waals surface area (Å²) in [6, 6.07) is 0. The molecule has 1 aliphatic rings. The minimum absolute atomic E-state index is 0.141. The summed E-state index contributed by atoms with van der Waals surface area (Å²) in [6.45, 7) is 9.31. The third-order valence-corrected chi connectivity index (χ3v) is 4.13. The van der Waals surface area contributed by atoms with Crippen molar-refractivity contribution < 1.29 is 4.74 Å². The molecule has 0 N–H and O–H groups in total. The second-order valence-electron chi connectivity index (χ2n) is 5.17. The summed E-state index contributed by atoms with van der Waals surface area (Å²) in [5.41, 5.74) is 0.499. The summed E-state index contributed by atoms with van der Waals surface area (Å²) in [4.78, 5) is 0. The van der Waals surface area contributed by atoms with E-state index in [0.717, 1.165) is 0 Å². The lowest BCUT2D eigenvalue weighted by Gasteiger charge is -2.43. The monoisotopic (exact) mass is 184 g/mol. The summed E-state index contributed by atoms with van der Waals surface area (Å²) in [6.07, 6.45) is 5.06. The Bertz CT molecular complexity index is 174. The van der Waals surface area contributed by atoms with Gasteiger partial charge in [-0.05, 0) is 30.6 Å². The van der Waals surface area contributed by atoms with Gasteiger partial charge in [0, 0.05) is 7.11 Å². The molecule has 0 spiro atoms. The molecule has 1 saturated carbocycles. The van der Waals surface area contributed by atoms with E-state index in [1.165, 1.54) is 25.7 Å². The van der Waals surface area contributed by atoms with Gasteiger partial charge in [-0.15, -0.1) is 0 Å². The van der Waals surface area contributed by atoms with Gasteiger partial charge in [0.05, 0.1) is 5.60 Å². The summed E-state index contributed by atoms with van der Waals surface area (Å²) in [5, 5.41) is 0. The summed E-state index contributed by atoms with van der Waals surface area (Å²) in [7, 11) is 1.89. The van der Waals surface area contributed by atoms with E-state index in [-0.39, 0.29) is 5.60 Å². The van der Waals surface area contributed by atoms with Crippen molar-refractivity contribution in [2.75, 3.05) is 7.11 Å². The first kappa shape index (κ1) is 11.0. The van der Waals surface area contributed by atoms with Gasteiger partial charge in [-0.1, -0.05) is 34.1 Å². The molecule has 1 heteroatoms. The molecule has 2 atom stereocenters. The molecule has 0 radical (unpaired) electrons. The van der Waals surface area contributed by atoms with Crippen LogP contribution < -0.4 is 0 Å². The van der Waals surface area contributed by atoms with Gasteiger partial charge in [-0.3, -0.25) is 0 Å². The van der Waals surface area contributed by atoms with Crippen molar-refractivity contribution in [1.82, 2.24) is 0 Å². The Morgan fingerprint density at radius 2 is 2.00 bits per heavy atom. The normalized spacial score (nSPS) is 38.1. The van der Waals surface area contributed by atoms with Gasteiger partial charge < -0.3 is 4.74 Å². The van der Waals surface area contributed by atoms with E-state index >= 15 is 0 Å². The Labute approximate surface area is 82.9 Å². The third-order valence-electron chi connectivity index (χ3n) is 4.13. The van der Waals surface area contributed by atoms with Crippen LogP contribution >= 0.6 is 0 Å². The second-order valence-corrected chi connectivity index (χ2v) is 5.17. The van der Waals surface area contributed by atoms with Crippen LogP contribution in [-0.4, -0.2) is 12.7 Å². The zero-order valence-electron chi connectivity index (χ0n) is 9.81. The maximum atomic E-state index is 5.87. The average Bonchev–Trinajstić information content (AvgIpc) is 2.29. The van der Waals surface area contributed by atoms with E-state index in [4.69, 9.17) is 4.74 Å². The molecule has 0 aromatic carbocycles. The predicted octanol–water partition coefficient (Wildman–Crippen LogP) is 3.63. The number of rotatable bonds is 3. The fraction of sp³-hybridized carbons (Fsp3) is 1.00. The lowest BCUT2D eigenvalue weighted by atomic mass is 9.72. The zero-order valence-corrected chi connectivity index (χ0v) is 9.81. The van der Waals surface area contributed by atoms with Gasteiger partial charge in [0.15, 0.2) is 0 Å². The highest BCUT2D eigenvalue weighted by molar-refractivity contribution is 5.03. The van der Waals surface area contributed by atoms with Crippen molar-refractivity contribution in [1.29, 1.82) is 0 Å². The minimum atomic E-state index is 0.141. The topological polar surface area (TPSA) is 9.23 Å². The van der Waals surface area contributed by atoms with E-state index in [1.54, 1.807) is 0 Å². The molecule has 0 heterocycles. The molecule has 0 aliphatic heterocycles. The Kier molecular flexibility index (Phi) is 3.06. The molecule has 13 heavy (non-hydrogen) atoms. The van der Waals surface area contributed by atoms with Crippen molar-refractivity contribution in [2.45, 2.75) is 59.0 Å². The fourth-order valence-electron chi connectivity index (χ4n) is 3.22. The van der Waals surface area contributed by atoms with Crippen LogP contribution in [0.5, 0.6) is 0 Å². The van der Waals surface area contributed by atoms with Gasteiger partial charge in [-0.2, -0.15) is 0 Å². The first-order chi connectivity index (χ1) is 6.00. The fourth-order valence-corrected chi connectivity index (χ4v) is 3.22. The molecule has 1 unspecified atom stereocenters. The Morgan fingerprint density at radius 1 is 1.38 bits per heavy atom. The van der Waals surface area contributed by atoms with Crippen LogP contribution in [0, 0.1) is 11.3 Å². The predicted molar refractivity (Wildman–Crippen MR) is 56.8 cm³/mol. The lowest BCUT2D eigenvalue weighted by Crippen LogP contribution is -2.46. The third kappa shape index (κ3) is 1.52. The van der Waals surface area contributed by atoms with Gasteiger partial charge in [-0.25, -0.2) is 0 Å². The molecule has 0 aromatic rings. The number of hydrogen-bond acceptors (Lipinski definition) is 1. The summed E-state index contributed by atoms with van der Waals surface area (Å²) in [5.74, 6) is 0.715. The van der Waals surface area contributed by atoms with Crippen LogP contribution in [0.4, 0.5) is 0 Å². The zero-order chi connectivity index (χ0) is 10.1. The van der Waals surface area contributed by atoms with Crippen LogP contribution in [0.15, 0.2) is 0 Å². The Balaban J connectivity index is 2.91. The van der Waals surface area contributed by atoms with Crippen molar-refractivity contribution >= 4 is 0 Å². The second kappa shape index (κ2) is 3.61. The molecule has 1 nitrogen and oxygen atoms in total. The molecule has 0 bridgehead atoms. The first-order valence-corrected chi connectivity index (χ1v) is 5.55. The van der Waals surface area contributed by atoms with E-state index in [0.29, 0.717) is 11.3 Å². The van der Waals surface area contributed by atoms with Gasteiger partial charge in [0.1, 0.15) is 0 Å². The highest BCUT2D eigenvalue weighted by Gasteiger charge is 2.52. The number of methoxy groups -OCH3 is 1. The average molecular weight is 184 g/mol. The largest absolute Gasteiger partial charge is 0.377 e. The van der Waals surface area contributed by atoms with Crippen molar-refractivity contribution in [3.05, 3.63) is 0 Å². The Hall–Kier alpha value is -0.0400. The number of hydrogen-bond donors (Lipinski definition) is 0. The molecule has 1 aliphatic carbocycles. The summed E-state index contributed by atoms with van der Waals surface area (Å²) >= 11 is 0. The van der Waals surface area contributed by atoms with Crippen molar-refractivity contribution in [2.24, 2.45) is 11.3 Å². The standard InChI is InChI=1S/C12H24O/c1-6-8-12(13-5)10(2)7-9-11(12,3)4/h10H,6-9H2,1-5H3/t10?,12-/m1/s1. The summed E-state index contributed by atoms with van der Waals surface area (Å²) < 4.78 is 5.87. The smallest absolute Gasteiger partial charge is 0.0754 e. The molecule has 1 rings (SSSR count). The quantitative estimate of drug-likeness (QED) is 0.651. The van der Waals surface area contributed by atoms with Crippen molar-refractivity contribution in [3.8, 4) is 0 Å². The molecule has 0 saturated heterocycles. The molecular formula is C12H24O. The van der Waals surface area contributed by atoms with Crippen LogP contribution in [-0.2, 0) is 4.74 Å². The molecule has 78 valence electrons. The first-order valence-electron chi connectivity index (χ1n) is 5.55. The highest BCUT2D eigenvalue weighted by atomic mass is 16.5. The van der Waals surface area contributed by atoms with Gasteiger partial charge >= 0.3 is 0 Å².